The molecule has 0 unspecified atom stereocenters. The molecule has 248 valence electrons. The number of hydrogen-bond donors (Lipinski definition) is 0. The zero-order valence-corrected chi connectivity index (χ0v) is 27.4. The van der Waals surface area contributed by atoms with Crippen LogP contribution in [0.25, 0.3) is 22.9 Å². The van der Waals surface area contributed by atoms with Crippen LogP contribution in [-0.4, -0.2) is 35.3 Å². The molecule has 0 fully saturated rings. The number of carbonyl (C=O) groups is 2. The molecule has 0 aliphatic heterocycles. The fourth-order valence-electron chi connectivity index (χ4n) is 4.69. The van der Waals surface area contributed by atoms with Gasteiger partial charge in [0, 0.05) is 11.1 Å². The van der Waals surface area contributed by atoms with Gasteiger partial charge in [0.05, 0.1) is 24.3 Å². The van der Waals surface area contributed by atoms with Gasteiger partial charge in [0.25, 0.3) is 0 Å². The second-order valence-corrected chi connectivity index (χ2v) is 11.2. The third-order valence-corrected chi connectivity index (χ3v) is 7.45. The van der Waals surface area contributed by atoms with Crippen molar-refractivity contribution >= 4 is 11.9 Å². The summed E-state index contributed by atoms with van der Waals surface area (Å²) >= 11 is 0. The summed E-state index contributed by atoms with van der Waals surface area (Å²) in [5, 5.41) is 8.11. The number of halogens is 1. The van der Waals surface area contributed by atoms with Crippen LogP contribution in [0.4, 0.5) is 4.39 Å². The monoisotopic (exact) mass is 652 g/mol. The van der Waals surface area contributed by atoms with Crippen molar-refractivity contribution in [2.45, 2.75) is 53.4 Å². The summed E-state index contributed by atoms with van der Waals surface area (Å²) in [6.45, 7) is 9.12. The molecule has 0 atom stereocenters. The fraction of sp³-hybridized carbons (Fsp3) is 0.263. The van der Waals surface area contributed by atoms with Crippen LogP contribution in [0.15, 0.2) is 83.3 Å². The lowest BCUT2D eigenvalue weighted by Gasteiger charge is -2.11. The number of hydrogen-bond acceptors (Lipinski definition) is 9. The van der Waals surface area contributed by atoms with E-state index in [9.17, 15) is 14.0 Å². The van der Waals surface area contributed by atoms with E-state index in [2.05, 4.69) is 24.0 Å². The average molecular weight is 653 g/mol. The maximum Gasteiger partial charge on any atom is 0.343 e. The smallest absolute Gasteiger partial charge is 0.343 e. The molecule has 0 bridgehead atoms. The standard InChI is InChI=1S/C38H37FN2O7/c1-5-7-19-44-32-16-12-28(21-24(32)3)37(42)46-30-14-9-26(10-15-30)35-40-41-36(48-35)27-11-18-34(31(39)23-27)47-38(43)29-13-17-33(25(4)22-29)45-20-8-6-2/h9-18,21-23H,5-8,19-20H2,1-4H3. The van der Waals surface area contributed by atoms with Gasteiger partial charge in [-0.15, -0.1) is 10.2 Å². The van der Waals surface area contributed by atoms with Crippen LogP contribution in [0.3, 0.4) is 0 Å². The lowest BCUT2D eigenvalue weighted by Crippen LogP contribution is -2.10. The predicted octanol–water partition coefficient (Wildman–Crippen LogP) is 8.96. The number of esters is 2. The van der Waals surface area contributed by atoms with Gasteiger partial charge in [-0.1, -0.05) is 26.7 Å². The third-order valence-electron chi connectivity index (χ3n) is 7.45. The van der Waals surface area contributed by atoms with Crippen molar-refractivity contribution in [2.24, 2.45) is 0 Å². The zero-order chi connectivity index (χ0) is 34.0. The number of nitrogens with zero attached hydrogens (tertiary/aromatic N) is 2. The topological polar surface area (TPSA) is 110 Å². The Morgan fingerprint density at radius 3 is 1.67 bits per heavy atom. The van der Waals surface area contributed by atoms with Gasteiger partial charge in [-0.3, -0.25) is 0 Å². The molecule has 10 heteroatoms. The molecule has 0 aliphatic carbocycles. The molecule has 9 nitrogen and oxygen atoms in total. The van der Waals surface area contributed by atoms with E-state index < -0.39 is 17.8 Å². The molecule has 0 radical (unpaired) electrons. The van der Waals surface area contributed by atoms with Crippen molar-refractivity contribution in [2.75, 3.05) is 13.2 Å². The summed E-state index contributed by atoms with van der Waals surface area (Å²) in [7, 11) is 0. The molecule has 5 aromatic rings. The minimum absolute atomic E-state index is 0.0732. The van der Waals surface area contributed by atoms with Crippen molar-refractivity contribution in [1.29, 1.82) is 0 Å². The van der Waals surface area contributed by atoms with E-state index in [0.29, 0.717) is 41.4 Å². The highest BCUT2D eigenvalue weighted by atomic mass is 19.1. The zero-order valence-electron chi connectivity index (χ0n) is 27.4. The maximum atomic E-state index is 15.0. The summed E-state index contributed by atoms with van der Waals surface area (Å²) in [6, 6.07) is 20.7. The molecule has 0 N–H and O–H groups in total. The SMILES string of the molecule is CCCCOc1ccc(C(=O)Oc2ccc(-c3nnc(-c4ccc(OC(=O)c5ccc(OCCCC)c(C)c5)c(F)c4)o3)cc2)cc1C. The van der Waals surface area contributed by atoms with Crippen LogP contribution in [0.5, 0.6) is 23.0 Å². The van der Waals surface area contributed by atoms with Crippen LogP contribution in [0.2, 0.25) is 0 Å². The summed E-state index contributed by atoms with van der Waals surface area (Å²) in [5.74, 6) is -0.168. The Labute approximate surface area is 278 Å². The normalized spacial score (nSPS) is 10.9. The highest BCUT2D eigenvalue weighted by molar-refractivity contribution is 5.92. The Kier molecular flexibility index (Phi) is 11.2. The molecular weight excluding hydrogens is 615 g/mol. The number of aryl methyl sites for hydroxylation is 2. The molecule has 5 rings (SSSR count). The Morgan fingerprint density at radius 1 is 0.646 bits per heavy atom. The van der Waals surface area contributed by atoms with Gasteiger partial charge in [0.1, 0.15) is 17.2 Å². The van der Waals surface area contributed by atoms with Gasteiger partial charge in [-0.2, -0.15) is 0 Å². The first-order valence-corrected chi connectivity index (χ1v) is 15.9. The molecular formula is C38H37FN2O7. The summed E-state index contributed by atoms with van der Waals surface area (Å²) < 4.78 is 43.1. The number of carbonyl (C=O) groups excluding carboxylic acids is 2. The van der Waals surface area contributed by atoms with Gasteiger partial charge in [0.2, 0.25) is 11.8 Å². The van der Waals surface area contributed by atoms with E-state index in [0.717, 1.165) is 48.6 Å². The Balaban J connectivity index is 1.19. The Hall–Kier alpha value is -5.51. The van der Waals surface area contributed by atoms with E-state index in [1.807, 2.05) is 13.8 Å². The van der Waals surface area contributed by atoms with Crippen molar-refractivity contribution in [3.05, 3.63) is 107 Å². The van der Waals surface area contributed by atoms with E-state index in [1.165, 1.54) is 12.1 Å². The van der Waals surface area contributed by atoms with Crippen LogP contribution in [0, 0.1) is 19.7 Å². The second-order valence-electron chi connectivity index (χ2n) is 11.2. The lowest BCUT2D eigenvalue weighted by molar-refractivity contribution is 0.0721. The van der Waals surface area contributed by atoms with Crippen LogP contribution in [-0.2, 0) is 0 Å². The maximum absolute atomic E-state index is 15.0. The molecule has 0 amide bonds. The van der Waals surface area contributed by atoms with Crippen LogP contribution >= 0.6 is 0 Å². The number of ether oxygens (including phenoxy) is 4. The van der Waals surface area contributed by atoms with Crippen molar-refractivity contribution in [1.82, 2.24) is 10.2 Å². The first kappa shape index (κ1) is 33.8. The Bertz CT molecular complexity index is 1880. The lowest BCUT2D eigenvalue weighted by atomic mass is 10.1. The van der Waals surface area contributed by atoms with Gasteiger partial charge >= 0.3 is 11.9 Å². The molecule has 48 heavy (non-hydrogen) atoms. The summed E-state index contributed by atoms with van der Waals surface area (Å²) in [4.78, 5) is 25.5. The average Bonchev–Trinajstić information content (AvgIpc) is 3.58. The molecule has 0 saturated heterocycles. The molecule has 0 spiro atoms. The van der Waals surface area contributed by atoms with Crippen molar-refractivity contribution < 1.29 is 37.3 Å². The van der Waals surface area contributed by atoms with Crippen LogP contribution < -0.4 is 18.9 Å². The third kappa shape index (κ3) is 8.44. The predicted molar refractivity (Wildman–Crippen MR) is 178 cm³/mol. The van der Waals surface area contributed by atoms with Gasteiger partial charge in [0.15, 0.2) is 11.6 Å². The fourth-order valence-corrected chi connectivity index (χ4v) is 4.69. The number of aromatic nitrogens is 2. The molecule has 1 heterocycles. The van der Waals surface area contributed by atoms with Gasteiger partial charge in [-0.25, -0.2) is 14.0 Å². The van der Waals surface area contributed by atoms with Crippen molar-refractivity contribution in [3.63, 3.8) is 0 Å². The number of benzene rings is 4. The highest BCUT2D eigenvalue weighted by Crippen LogP contribution is 2.30. The minimum atomic E-state index is -0.767. The van der Waals surface area contributed by atoms with Crippen LogP contribution in [0.1, 0.15) is 71.4 Å². The first-order chi connectivity index (χ1) is 23.2. The molecule has 0 aliphatic rings. The second kappa shape index (κ2) is 15.9. The first-order valence-electron chi connectivity index (χ1n) is 15.9. The quantitative estimate of drug-likeness (QED) is 0.0659. The molecule has 1 aromatic heterocycles. The summed E-state index contributed by atoms with van der Waals surface area (Å²) in [6.07, 6.45) is 3.95. The van der Waals surface area contributed by atoms with Gasteiger partial charge < -0.3 is 23.4 Å². The van der Waals surface area contributed by atoms with E-state index in [4.69, 9.17) is 23.4 Å². The van der Waals surface area contributed by atoms with Gasteiger partial charge in [-0.05, 0) is 117 Å². The number of unbranched alkanes of at least 4 members (excludes halogenated alkanes) is 2. The van der Waals surface area contributed by atoms with E-state index in [1.54, 1.807) is 60.7 Å². The highest BCUT2D eigenvalue weighted by Gasteiger charge is 2.18. The van der Waals surface area contributed by atoms with E-state index >= 15 is 0 Å². The minimum Gasteiger partial charge on any atom is -0.493 e. The molecule has 4 aromatic carbocycles. The van der Waals surface area contributed by atoms with Crippen molar-refractivity contribution in [3.8, 4) is 45.9 Å². The van der Waals surface area contributed by atoms with E-state index in [-0.39, 0.29) is 23.1 Å². The number of rotatable bonds is 14. The Morgan fingerprint density at radius 2 is 1.15 bits per heavy atom. The largest absolute Gasteiger partial charge is 0.493 e. The summed E-state index contributed by atoms with van der Waals surface area (Å²) in [5.41, 5.74) is 3.19. The molecule has 0 saturated carbocycles.